The van der Waals surface area contributed by atoms with Crippen LogP contribution in [-0.2, 0) is 9.47 Å². The van der Waals surface area contributed by atoms with E-state index in [1.54, 1.807) is 24.7 Å². The van der Waals surface area contributed by atoms with Crippen molar-refractivity contribution in [2.45, 2.75) is 34.0 Å². The molecule has 0 aliphatic heterocycles. The molecular formula is C15H22O2. The Bertz CT molecular complexity index is 320. The first kappa shape index (κ1) is 15.3. The summed E-state index contributed by atoms with van der Waals surface area (Å²) in [5, 5.41) is 0. The molecule has 0 rings (SSSR count). The van der Waals surface area contributed by atoms with Crippen molar-refractivity contribution >= 4 is 0 Å². The molecule has 0 bridgehead atoms. The third kappa shape index (κ3) is 8.14. The molecule has 0 saturated carbocycles. The highest BCUT2D eigenvalue weighted by Crippen LogP contribution is 2.10. The Morgan fingerprint density at radius 2 is 1.35 bits per heavy atom. The lowest BCUT2D eigenvalue weighted by Gasteiger charge is -2.16. The summed E-state index contributed by atoms with van der Waals surface area (Å²) in [4.78, 5) is 0. The molecule has 0 spiro atoms. The summed E-state index contributed by atoms with van der Waals surface area (Å²) in [5.41, 5.74) is 2.86. The number of ether oxygens (including phenoxy) is 2. The Balaban J connectivity index is 4.45. The van der Waals surface area contributed by atoms with E-state index in [-0.39, 0.29) is 0 Å². The molecule has 0 saturated heterocycles. The molecule has 0 amide bonds. The van der Waals surface area contributed by atoms with Crippen LogP contribution in [0.2, 0.25) is 0 Å². The summed E-state index contributed by atoms with van der Waals surface area (Å²) >= 11 is 0. The van der Waals surface area contributed by atoms with Gasteiger partial charge in [-0.1, -0.05) is 30.4 Å². The zero-order valence-corrected chi connectivity index (χ0v) is 11.2. The van der Waals surface area contributed by atoms with Crippen LogP contribution < -0.4 is 0 Å². The second-order valence-electron chi connectivity index (χ2n) is 3.93. The first-order valence-electron chi connectivity index (χ1n) is 5.55. The van der Waals surface area contributed by atoms with Crippen molar-refractivity contribution in [2.24, 2.45) is 0 Å². The van der Waals surface area contributed by atoms with Crippen LogP contribution in [0.5, 0.6) is 0 Å². The summed E-state index contributed by atoms with van der Waals surface area (Å²) in [6.45, 7) is 15.2. The van der Waals surface area contributed by atoms with E-state index in [9.17, 15) is 0 Å². The van der Waals surface area contributed by atoms with E-state index < -0.39 is 6.29 Å². The molecule has 0 aromatic heterocycles. The van der Waals surface area contributed by atoms with E-state index in [0.29, 0.717) is 0 Å². The first-order chi connectivity index (χ1) is 7.97. The zero-order valence-electron chi connectivity index (χ0n) is 11.2. The van der Waals surface area contributed by atoms with Gasteiger partial charge in [0.15, 0.2) is 0 Å². The smallest absolute Gasteiger partial charge is 0.261 e. The number of rotatable bonds is 7. The summed E-state index contributed by atoms with van der Waals surface area (Å²) in [6, 6.07) is 0. The van der Waals surface area contributed by atoms with Gasteiger partial charge in [0, 0.05) is 5.57 Å². The monoisotopic (exact) mass is 234 g/mol. The lowest BCUT2D eigenvalue weighted by atomic mass is 10.3. The Morgan fingerprint density at radius 3 is 1.65 bits per heavy atom. The van der Waals surface area contributed by atoms with Gasteiger partial charge in [0.1, 0.15) is 0 Å². The molecule has 0 unspecified atom stereocenters. The molecule has 0 aromatic rings. The van der Waals surface area contributed by atoms with E-state index in [0.717, 1.165) is 16.7 Å². The minimum absolute atomic E-state index is 0.411. The van der Waals surface area contributed by atoms with E-state index in [2.05, 4.69) is 13.2 Å². The van der Waals surface area contributed by atoms with Gasteiger partial charge in [0.2, 0.25) is 0 Å². The van der Waals surface area contributed by atoms with Gasteiger partial charge in [-0.3, -0.25) is 0 Å². The van der Waals surface area contributed by atoms with Crippen LogP contribution in [0.1, 0.15) is 27.7 Å². The SMILES string of the molecule is C=C(C)C=COC(OC=CC(=C)C)C(C)=CC. The largest absolute Gasteiger partial charge is 0.459 e. The topological polar surface area (TPSA) is 18.5 Å². The number of hydrogen-bond donors (Lipinski definition) is 0. The highest BCUT2D eigenvalue weighted by Gasteiger charge is 2.08. The average Bonchev–Trinajstić information content (AvgIpc) is 2.25. The maximum absolute atomic E-state index is 5.47. The lowest BCUT2D eigenvalue weighted by molar-refractivity contribution is -0.0321. The van der Waals surface area contributed by atoms with Gasteiger partial charge < -0.3 is 9.47 Å². The van der Waals surface area contributed by atoms with Crippen LogP contribution >= 0.6 is 0 Å². The lowest BCUT2D eigenvalue weighted by Crippen LogP contribution is -2.13. The van der Waals surface area contributed by atoms with Crippen molar-refractivity contribution in [2.75, 3.05) is 0 Å². The second-order valence-corrected chi connectivity index (χ2v) is 3.93. The van der Waals surface area contributed by atoms with Gasteiger partial charge in [-0.25, -0.2) is 0 Å². The number of hydrogen-bond acceptors (Lipinski definition) is 2. The Kier molecular flexibility index (Phi) is 7.61. The van der Waals surface area contributed by atoms with Crippen LogP contribution in [0.4, 0.5) is 0 Å². The van der Waals surface area contributed by atoms with Crippen molar-refractivity contribution in [3.05, 3.63) is 60.6 Å². The molecule has 2 heteroatoms. The Hall–Kier alpha value is -1.70. The minimum atomic E-state index is -0.411. The average molecular weight is 234 g/mol. The van der Waals surface area contributed by atoms with Gasteiger partial charge >= 0.3 is 0 Å². The van der Waals surface area contributed by atoms with Gasteiger partial charge in [-0.2, -0.15) is 0 Å². The molecule has 0 N–H and O–H groups in total. The van der Waals surface area contributed by atoms with Crippen LogP contribution in [0.15, 0.2) is 60.6 Å². The van der Waals surface area contributed by atoms with E-state index in [1.807, 2.05) is 33.8 Å². The Morgan fingerprint density at radius 1 is 0.941 bits per heavy atom. The highest BCUT2D eigenvalue weighted by molar-refractivity contribution is 5.11. The molecule has 0 radical (unpaired) electrons. The summed E-state index contributed by atoms with van der Waals surface area (Å²) in [5.74, 6) is 0. The first-order valence-corrected chi connectivity index (χ1v) is 5.55. The third-order valence-electron chi connectivity index (χ3n) is 1.94. The molecule has 17 heavy (non-hydrogen) atoms. The predicted molar refractivity (Wildman–Crippen MR) is 73.3 cm³/mol. The van der Waals surface area contributed by atoms with Crippen LogP contribution in [0.25, 0.3) is 0 Å². The van der Waals surface area contributed by atoms with Crippen LogP contribution in [0, 0.1) is 0 Å². The fourth-order valence-corrected chi connectivity index (χ4v) is 0.836. The van der Waals surface area contributed by atoms with E-state index >= 15 is 0 Å². The fraction of sp³-hybridized carbons (Fsp3) is 0.333. The van der Waals surface area contributed by atoms with Crippen molar-refractivity contribution in [3.8, 4) is 0 Å². The summed E-state index contributed by atoms with van der Waals surface area (Å²) in [7, 11) is 0. The molecule has 0 atom stereocenters. The standard InChI is InChI=1S/C15H22O2/c1-7-14(6)15(16-10-8-12(2)3)17-11-9-13(4)5/h7-11,15H,2,4H2,1,3,5-6H3. The number of allylic oxidation sites excluding steroid dienone is 5. The molecule has 0 aliphatic rings. The third-order valence-corrected chi connectivity index (χ3v) is 1.94. The van der Waals surface area contributed by atoms with Crippen molar-refractivity contribution in [1.82, 2.24) is 0 Å². The van der Waals surface area contributed by atoms with E-state index in [1.165, 1.54) is 0 Å². The van der Waals surface area contributed by atoms with Gasteiger partial charge in [-0.15, -0.1) is 0 Å². The maximum atomic E-state index is 5.47. The van der Waals surface area contributed by atoms with Crippen molar-refractivity contribution in [3.63, 3.8) is 0 Å². The quantitative estimate of drug-likeness (QED) is 0.279. The van der Waals surface area contributed by atoms with Gasteiger partial charge in [0.25, 0.3) is 6.29 Å². The van der Waals surface area contributed by atoms with Gasteiger partial charge in [0.05, 0.1) is 12.5 Å². The maximum Gasteiger partial charge on any atom is 0.261 e. The molecule has 94 valence electrons. The molecule has 0 aromatic carbocycles. The molecule has 2 nitrogen and oxygen atoms in total. The molecule has 0 fully saturated rings. The minimum Gasteiger partial charge on any atom is -0.459 e. The van der Waals surface area contributed by atoms with Crippen molar-refractivity contribution < 1.29 is 9.47 Å². The van der Waals surface area contributed by atoms with Crippen molar-refractivity contribution in [1.29, 1.82) is 0 Å². The van der Waals surface area contributed by atoms with Gasteiger partial charge in [-0.05, 0) is 39.8 Å². The van der Waals surface area contributed by atoms with Crippen LogP contribution in [-0.4, -0.2) is 6.29 Å². The summed E-state index contributed by atoms with van der Waals surface area (Å²) < 4.78 is 10.9. The fourth-order valence-electron chi connectivity index (χ4n) is 0.836. The summed E-state index contributed by atoms with van der Waals surface area (Å²) in [6.07, 6.45) is 8.31. The molecule has 0 aliphatic carbocycles. The van der Waals surface area contributed by atoms with Crippen LogP contribution in [0.3, 0.4) is 0 Å². The zero-order chi connectivity index (χ0) is 13.3. The molecular weight excluding hydrogens is 212 g/mol. The Labute approximate surface area is 105 Å². The second kappa shape index (κ2) is 8.45. The van der Waals surface area contributed by atoms with E-state index in [4.69, 9.17) is 9.47 Å². The predicted octanol–water partition coefficient (Wildman–Crippen LogP) is 4.49. The highest BCUT2D eigenvalue weighted by atomic mass is 16.7. The molecule has 0 heterocycles. The normalized spacial score (nSPS) is 14.0.